The second-order valence-electron chi connectivity index (χ2n) is 6.31. The molecule has 2 aliphatic rings. The molecule has 0 spiro atoms. The van der Waals surface area contributed by atoms with Crippen LogP contribution in [0, 0.1) is 0 Å². The third-order valence-electron chi connectivity index (χ3n) is 4.76. The maximum absolute atomic E-state index is 4.36. The lowest BCUT2D eigenvalue weighted by atomic mass is 10.2. The van der Waals surface area contributed by atoms with E-state index in [9.17, 15) is 0 Å². The highest BCUT2D eigenvalue weighted by molar-refractivity contribution is 5.82. The first-order chi connectivity index (χ1) is 11.8. The Bertz CT molecular complexity index is 680. The van der Waals surface area contributed by atoms with Gasteiger partial charge in [0, 0.05) is 26.2 Å². The Morgan fingerprint density at radius 3 is 1.67 bits per heavy atom. The first-order valence-electron chi connectivity index (χ1n) is 8.74. The molecule has 2 N–H and O–H groups in total. The van der Waals surface area contributed by atoms with Crippen molar-refractivity contribution >= 4 is 22.7 Å². The summed E-state index contributed by atoms with van der Waals surface area (Å²) in [6.45, 7) is 8.22. The summed E-state index contributed by atoms with van der Waals surface area (Å²) in [5, 5.41) is 7.13. The quantitative estimate of drug-likeness (QED) is 0.765. The summed E-state index contributed by atoms with van der Waals surface area (Å²) in [6.07, 6.45) is 2.13. The van der Waals surface area contributed by atoms with Gasteiger partial charge >= 0.3 is 0 Å². The van der Waals surface area contributed by atoms with E-state index in [1.807, 2.05) is 0 Å². The lowest BCUT2D eigenvalue weighted by Crippen LogP contribution is -2.30. The van der Waals surface area contributed by atoms with Crippen molar-refractivity contribution in [2.24, 2.45) is 0 Å². The highest BCUT2D eigenvalue weighted by Gasteiger charge is 2.28. The number of nitrogens with one attached hydrogen (secondary N) is 2. The Labute approximate surface area is 143 Å². The number of hydrogen-bond donors (Lipinski definition) is 2. The molecule has 2 aromatic rings. The Balaban J connectivity index is 1.58. The lowest BCUT2D eigenvalue weighted by Gasteiger charge is -2.24. The van der Waals surface area contributed by atoms with Gasteiger partial charge in [0.1, 0.15) is 5.82 Å². The van der Waals surface area contributed by atoms with Crippen molar-refractivity contribution in [1.29, 1.82) is 0 Å². The number of rotatable bonds is 0. The molecule has 2 aromatic carbocycles. The van der Waals surface area contributed by atoms with Gasteiger partial charge in [-0.2, -0.15) is 0 Å². The molecular formula is C20H24N4. The van der Waals surface area contributed by atoms with Crippen molar-refractivity contribution in [2.45, 2.75) is 12.8 Å². The van der Waals surface area contributed by atoms with Gasteiger partial charge in [-0.15, -0.1) is 0 Å². The standard InChI is InChI=1S/C20H24N4/c1-16-23-14-6-12-21-17-8-2-3-9-18(17)22-13-7-15-24(16)20-11-5-4-10-19(20)23/h2-5,8-11,21-22H,1,6-7,12-15H2. The van der Waals surface area contributed by atoms with Gasteiger partial charge < -0.3 is 20.4 Å². The second-order valence-corrected chi connectivity index (χ2v) is 6.31. The molecule has 0 unspecified atom stereocenters. The first kappa shape index (κ1) is 14.9. The maximum atomic E-state index is 4.36. The SMILES string of the molecule is C=C1N2CCCNc3ccccc3NCCCN1c1ccccc12. The summed E-state index contributed by atoms with van der Waals surface area (Å²) in [5.41, 5.74) is 4.95. The van der Waals surface area contributed by atoms with Crippen LogP contribution < -0.4 is 20.4 Å². The Hall–Kier alpha value is -2.62. The minimum Gasteiger partial charge on any atom is -0.383 e. The topological polar surface area (TPSA) is 30.5 Å². The molecule has 2 bridgehead atoms. The van der Waals surface area contributed by atoms with Gasteiger partial charge in [0.2, 0.25) is 0 Å². The van der Waals surface area contributed by atoms with Crippen LogP contribution in [0.2, 0.25) is 0 Å². The number of fused-ring (bicyclic) bond motifs is 6. The Kier molecular flexibility index (Phi) is 4.03. The zero-order valence-corrected chi connectivity index (χ0v) is 14.0. The summed E-state index contributed by atoms with van der Waals surface area (Å²) in [6, 6.07) is 17.1. The molecule has 4 heteroatoms. The van der Waals surface area contributed by atoms with Crippen molar-refractivity contribution < 1.29 is 0 Å². The second kappa shape index (κ2) is 6.48. The summed E-state index contributed by atoms with van der Waals surface area (Å²) >= 11 is 0. The summed E-state index contributed by atoms with van der Waals surface area (Å²) in [5.74, 6) is 1.10. The molecule has 124 valence electrons. The fraction of sp³-hybridized carbons (Fsp3) is 0.300. The molecule has 0 aromatic heterocycles. The predicted molar refractivity (Wildman–Crippen MR) is 103 cm³/mol. The minimum absolute atomic E-state index is 0.949. The van der Waals surface area contributed by atoms with Gasteiger partial charge in [-0.25, -0.2) is 0 Å². The van der Waals surface area contributed by atoms with Gasteiger partial charge in [-0.3, -0.25) is 0 Å². The zero-order valence-electron chi connectivity index (χ0n) is 14.0. The molecule has 0 amide bonds. The molecular weight excluding hydrogens is 296 g/mol. The van der Waals surface area contributed by atoms with Crippen LogP contribution >= 0.6 is 0 Å². The monoisotopic (exact) mass is 320 g/mol. The number of anilines is 4. The van der Waals surface area contributed by atoms with Crippen LogP contribution in [-0.4, -0.2) is 26.2 Å². The van der Waals surface area contributed by atoms with E-state index in [1.54, 1.807) is 0 Å². The molecule has 4 nitrogen and oxygen atoms in total. The molecule has 0 aliphatic carbocycles. The Morgan fingerprint density at radius 2 is 1.17 bits per heavy atom. The normalized spacial score (nSPS) is 17.6. The molecule has 0 radical (unpaired) electrons. The van der Waals surface area contributed by atoms with Crippen LogP contribution in [-0.2, 0) is 0 Å². The highest BCUT2D eigenvalue weighted by atomic mass is 15.4. The predicted octanol–water partition coefficient (Wildman–Crippen LogP) is 4.10. The average Bonchev–Trinajstić information content (AvgIpc) is 2.88. The number of nitrogens with zero attached hydrogens (tertiary/aromatic N) is 2. The van der Waals surface area contributed by atoms with E-state index in [0.29, 0.717) is 0 Å². The van der Waals surface area contributed by atoms with Crippen LogP contribution in [0.3, 0.4) is 0 Å². The van der Waals surface area contributed by atoms with Crippen molar-refractivity contribution in [3.63, 3.8) is 0 Å². The summed E-state index contributed by atoms with van der Waals surface area (Å²) in [7, 11) is 0. The fourth-order valence-corrected chi connectivity index (χ4v) is 3.56. The Morgan fingerprint density at radius 1 is 0.708 bits per heavy atom. The molecule has 2 heterocycles. The minimum atomic E-state index is 0.949. The van der Waals surface area contributed by atoms with Crippen LogP contribution in [0.5, 0.6) is 0 Å². The van der Waals surface area contributed by atoms with Crippen molar-refractivity contribution in [1.82, 2.24) is 0 Å². The summed E-state index contributed by atoms with van der Waals surface area (Å²) < 4.78 is 0. The third kappa shape index (κ3) is 2.68. The summed E-state index contributed by atoms with van der Waals surface area (Å²) in [4.78, 5) is 4.71. The van der Waals surface area contributed by atoms with Crippen molar-refractivity contribution in [3.05, 3.63) is 60.9 Å². The van der Waals surface area contributed by atoms with E-state index in [0.717, 1.165) is 44.8 Å². The molecule has 2 aliphatic heterocycles. The third-order valence-corrected chi connectivity index (χ3v) is 4.76. The van der Waals surface area contributed by atoms with Crippen LogP contribution in [0.4, 0.5) is 22.7 Å². The van der Waals surface area contributed by atoms with E-state index in [1.165, 1.54) is 22.7 Å². The number of benzene rings is 2. The van der Waals surface area contributed by atoms with E-state index in [-0.39, 0.29) is 0 Å². The van der Waals surface area contributed by atoms with Crippen LogP contribution in [0.1, 0.15) is 12.8 Å². The van der Waals surface area contributed by atoms with Gasteiger partial charge in [0.05, 0.1) is 22.7 Å². The van der Waals surface area contributed by atoms with Crippen molar-refractivity contribution in [3.8, 4) is 0 Å². The van der Waals surface area contributed by atoms with Crippen molar-refractivity contribution in [2.75, 3.05) is 46.6 Å². The van der Waals surface area contributed by atoms with E-state index in [2.05, 4.69) is 75.5 Å². The van der Waals surface area contributed by atoms with Gasteiger partial charge in [-0.05, 0) is 37.1 Å². The number of para-hydroxylation sites is 4. The molecule has 0 fully saturated rings. The van der Waals surface area contributed by atoms with E-state index >= 15 is 0 Å². The zero-order chi connectivity index (χ0) is 16.4. The van der Waals surface area contributed by atoms with Crippen LogP contribution in [0.15, 0.2) is 60.9 Å². The number of hydrogen-bond acceptors (Lipinski definition) is 4. The van der Waals surface area contributed by atoms with E-state index < -0.39 is 0 Å². The highest BCUT2D eigenvalue weighted by Crippen LogP contribution is 2.40. The molecule has 24 heavy (non-hydrogen) atoms. The molecule has 0 saturated carbocycles. The van der Waals surface area contributed by atoms with E-state index in [4.69, 9.17) is 0 Å². The first-order valence-corrected chi connectivity index (χ1v) is 8.74. The van der Waals surface area contributed by atoms with Gasteiger partial charge in [0.25, 0.3) is 0 Å². The van der Waals surface area contributed by atoms with Gasteiger partial charge in [-0.1, -0.05) is 30.8 Å². The lowest BCUT2D eigenvalue weighted by molar-refractivity contribution is 0.782. The molecule has 4 rings (SSSR count). The molecule has 0 saturated heterocycles. The van der Waals surface area contributed by atoms with Crippen LogP contribution in [0.25, 0.3) is 0 Å². The average molecular weight is 320 g/mol. The largest absolute Gasteiger partial charge is 0.383 e. The smallest absolute Gasteiger partial charge is 0.106 e. The molecule has 0 atom stereocenters. The fourth-order valence-electron chi connectivity index (χ4n) is 3.56. The maximum Gasteiger partial charge on any atom is 0.106 e. The van der Waals surface area contributed by atoms with Gasteiger partial charge in [0.15, 0.2) is 0 Å².